The average Bonchev–Trinajstić information content (AvgIpc) is 3.79. The van der Waals surface area contributed by atoms with Crippen molar-refractivity contribution >= 4 is 34.8 Å². The van der Waals surface area contributed by atoms with Crippen LogP contribution >= 0.6 is 0 Å². The minimum absolute atomic E-state index is 0.00204. The Morgan fingerprint density at radius 2 is 1.53 bits per heavy atom. The zero-order valence-electron chi connectivity index (χ0n) is 24.8. The number of hydrogen-bond acceptors (Lipinski definition) is 9. The summed E-state index contributed by atoms with van der Waals surface area (Å²) in [4.78, 5) is 81.2. The number of amides is 1. The Hall–Kier alpha value is -4.33. The van der Waals surface area contributed by atoms with Crippen LogP contribution in [0.4, 0.5) is 13.2 Å². The minimum atomic E-state index is -5.32. The topological polar surface area (TPSA) is 156 Å². The standard InChI is InChI=1S/C34H28F3NO9/c1-16-31(45,25(39)17-8-3-2-4-9-17)23(38-30(44)34(35,36)37)15-19(46-16)14-18-10-7-13-22-24(18)29(43)33-27(41)21-12-6-5-11-20(21)26(40)32(33,47-33)28(22)42/h2-12,16,18-19,22-24,45H,13-15H2,1H3,(H,38,44)/t16-,18?,19+,22?,23+,24?,31+,32?,33?/m1/s1. The molecule has 0 radical (unpaired) electrons. The summed E-state index contributed by atoms with van der Waals surface area (Å²) in [6.45, 7) is 1.30. The van der Waals surface area contributed by atoms with E-state index in [1.165, 1.54) is 55.5 Å². The van der Waals surface area contributed by atoms with Gasteiger partial charge in [0.05, 0.1) is 18.2 Å². The van der Waals surface area contributed by atoms with Crippen molar-refractivity contribution in [2.45, 2.75) is 67.4 Å². The summed E-state index contributed by atoms with van der Waals surface area (Å²) in [7, 11) is 0. The maximum absolute atomic E-state index is 14.3. The first-order valence-electron chi connectivity index (χ1n) is 15.2. The van der Waals surface area contributed by atoms with E-state index in [9.17, 15) is 47.0 Å². The normalized spacial score (nSPS) is 37.3. The maximum atomic E-state index is 14.3. The van der Waals surface area contributed by atoms with Crippen LogP contribution in [0, 0.1) is 17.8 Å². The summed E-state index contributed by atoms with van der Waals surface area (Å²) in [5.41, 5.74) is -7.16. The Morgan fingerprint density at radius 1 is 0.936 bits per heavy atom. The number of rotatable bonds is 5. The third-order valence-electron chi connectivity index (χ3n) is 10.4. The van der Waals surface area contributed by atoms with Gasteiger partial charge in [-0.25, -0.2) is 0 Å². The Kier molecular flexibility index (Phi) is 6.88. The number of fused-ring (bicyclic) bond motifs is 2. The van der Waals surface area contributed by atoms with Crippen molar-refractivity contribution < 1.29 is 56.5 Å². The lowest BCUT2D eigenvalue weighted by Crippen LogP contribution is -2.69. The van der Waals surface area contributed by atoms with E-state index in [1.807, 2.05) is 0 Å². The zero-order chi connectivity index (χ0) is 33.7. The van der Waals surface area contributed by atoms with E-state index in [-0.39, 0.29) is 29.5 Å². The molecule has 2 aromatic carbocycles. The second kappa shape index (κ2) is 10.3. The van der Waals surface area contributed by atoms with Gasteiger partial charge in [0.2, 0.25) is 22.8 Å². The Morgan fingerprint density at radius 3 is 2.15 bits per heavy atom. The molecule has 47 heavy (non-hydrogen) atoms. The van der Waals surface area contributed by atoms with E-state index in [0.29, 0.717) is 0 Å². The van der Waals surface area contributed by atoms with E-state index in [2.05, 4.69) is 0 Å². The number of Topliss-reactive ketones (excluding diaryl/α,β-unsaturated/α-hetero) is 5. The molecule has 5 aliphatic rings. The third kappa shape index (κ3) is 4.15. The summed E-state index contributed by atoms with van der Waals surface area (Å²) in [5, 5.41) is 13.5. The van der Waals surface area contributed by atoms with Crippen LogP contribution < -0.4 is 5.32 Å². The van der Waals surface area contributed by atoms with Crippen molar-refractivity contribution in [3.63, 3.8) is 0 Å². The van der Waals surface area contributed by atoms with Crippen LogP contribution in [0.3, 0.4) is 0 Å². The van der Waals surface area contributed by atoms with Gasteiger partial charge in [-0.2, -0.15) is 13.2 Å². The van der Waals surface area contributed by atoms with Gasteiger partial charge in [0.15, 0.2) is 23.0 Å². The van der Waals surface area contributed by atoms with Gasteiger partial charge in [-0.1, -0.05) is 66.7 Å². The van der Waals surface area contributed by atoms with Crippen LogP contribution in [0.2, 0.25) is 0 Å². The summed E-state index contributed by atoms with van der Waals surface area (Å²) in [6, 6.07) is 11.5. The maximum Gasteiger partial charge on any atom is 0.471 e. The highest BCUT2D eigenvalue weighted by Crippen LogP contribution is 2.64. The average molecular weight is 652 g/mol. The van der Waals surface area contributed by atoms with Crippen molar-refractivity contribution in [3.8, 4) is 0 Å². The lowest BCUT2D eigenvalue weighted by atomic mass is 9.55. The van der Waals surface area contributed by atoms with Crippen molar-refractivity contribution in [3.05, 3.63) is 83.4 Å². The van der Waals surface area contributed by atoms with Gasteiger partial charge >= 0.3 is 12.1 Å². The van der Waals surface area contributed by atoms with Gasteiger partial charge in [-0.15, -0.1) is 0 Å². The molecule has 0 aromatic heterocycles. The van der Waals surface area contributed by atoms with Crippen molar-refractivity contribution in [1.82, 2.24) is 5.32 Å². The van der Waals surface area contributed by atoms with Crippen LogP contribution in [-0.2, 0) is 23.9 Å². The van der Waals surface area contributed by atoms with Crippen molar-refractivity contribution in [1.29, 1.82) is 0 Å². The van der Waals surface area contributed by atoms with Crippen molar-refractivity contribution in [2.24, 2.45) is 17.8 Å². The van der Waals surface area contributed by atoms with E-state index in [1.54, 1.807) is 23.5 Å². The smallest absolute Gasteiger partial charge is 0.377 e. The largest absolute Gasteiger partial charge is 0.471 e. The first-order valence-corrected chi connectivity index (χ1v) is 15.2. The minimum Gasteiger partial charge on any atom is -0.377 e. The van der Waals surface area contributed by atoms with Crippen LogP contribution in [0.15, 0.2) is 66.7 Å². The first kappa shape index (κ1) is 31.3. The molecule has 7 rings (SSSR count). The highest BCUT2D eigenvalue weighted by atomic mass is 19.4. The SMILES string of the molecule is C[C@H]1O[C@@H](CC2C=CCC3C(=O)C45OC4(C(=O)c4ccccc4C5=O)C(=O)C23)C[C@H](NC(=O)C(F)(F)F)[C@]1(O)C(=O)c1ccccc1. The van der Waals surface area contributed by atoms with Crippen LogP contribution in [0.5, 0.6) is 0 Å². The molecule has 1 saturated carbocycles. The number of carbonyl (C=O) groups excluding carboxylic acids is 6. The molecule has 2 heterocycles. The number of allylic oxidation sites excluding steroid dienone is 2. The number of ketones is 5. The second-order valence-corrected chi connectivity index (χ2v) is 12.8. The van der Waals surface area contributed by atoms with Gasteiger partial charge in [-0.05, 0) is 32.1 Å². The number of carbonyl (C=O) groups is 6. The Bertz CT molecular complexity index is 1790. The zero-order valence-corrected chi connectivity index (χ0v) is 24.8. The first-order chi connectivity index (χ1) is 22.2. The number of alkyl halides is 3. The van der Waals surface area contributed by atoms with Gasteiger partial charge in [-0.3, -0.25) is 28.8 Å². The van der Waals surface area contributed by atoms with E-state index in [0.717, 1.165) is 0 Å². The summed E-state index contributed by atoms with van der Waals surface area (Å²) >= 11 is 0. The lowest BCUT2D eigenvalue weighted by molar-refractivity contribution is -0.187. The molecule has 3 fully saturated rings. The number of aliphatic hydroxyl groups is 1. The molecular formula is C34H28F3NO9. The van der Waals surface area contributed by atoms with Gasteiger partial charge in [0.25, 0.3) is 0 Å². The monoisotopic (exact) mass is 651 g/mol. The quantitative estimate of drug-likeness (QED) is 0.215. The molecule has 10 nitrogen and oxygen atoms in total. The van der Waals surface area contributed by atoms with Crippen LogP contribution in [0.25, 0.3) is 0 Å². The number of nitrogens with one attached hydrogen (secondary N) is 1. The highest BCUT2D eigenvalue weighted by Gasteiger charge is 2.91. The van der Waals surface area contributed by atoms with Gasteiger partial charge < -0.3 is 19.9 Å². The molecule has 2 N–H and O–H groups in total. The predicted octanol–water partition coefficient (Wildman–Crippen LogP) is 2.76. The fourth-order valence-corrected chi connectivity index (χ4v) is 8.08. The lowest BCUT2D eigenvalue weighted by Gasteiger charge is -2.48. The van der Waals surface area contributed by atoms with E-state index >= 15 is 0 Å². The molecular weight excluding hydrogens is 623 g/mol. The molecule has 2 aromatic rings. The molecule has 0 spiro atoms. The third-order valence-corrected chi connectivity index (χ3v) is 10.4. The molecule has 13 heteroatoms. The van der Waals surface area contributed by atoms with Gasteiger partial charge in [0, 0.05) is 28.5 Å². The fraction of sp³-hybridized carbons (Fsp3) is 0.412. The molecule has 5 unspecified atom stereocenters. The molecule has 2 aliphatic heterocycles. The number of hydrogen-bond donors (Lipinski definition) is 2. The number of halogens is 3. The molecule has 9 atom stereocenters. The number of benzene rings is 2. The highest BCUT2D eigenvalue weighted by molar-refractivity contribution is 6.43. The number of epoxide rings is 1. The summed E-state index contributed by atoms with van der Waals surface area (Å²) < 4.78 is 51.9. The second-order valence-electron chi connectivity index (χ2n) is 12.8. The molecule has 244 valence electrons. The molecule has 0 bridgehead atoms. The van der Waals surface area contributed by atoms with Crippen molar-refractivity contribution in [2.75, 3.05) is 0 Å². The molecule has 2 saturated heterocycles. The summed E-state index contributed by atoms with van der Waals surface area (Å²) in [6.07, 6.45) is -4.92. The molecule has 3 aliphatic carbocycles. The summed E-state index contributed by atoms with van der Waals surface area (Å²) in [5.74, 6) is -9.19. The Balaban J connectivity index is 1.19. The fourth-order valence-electron chi connectivity index (χ4n) is 8.08. The van der Waals surface area contributed by atoms with E-state index < -0.39 is 100 Å². The van der Waals surface area contributed by atoms with Gasteiger partial charge in [0.1, 0.15) is 0 Å². The number of ether oxygens (including phenoxy) is 2. The van der Waals surface area contributed by atoms with Crippen LogP contribution in [-0.4, -0.2) is 81.2 Å². The Labute approximate surface area is 265 Å². The van der Waals surface area contributed by atoms with E-state index in [4.69, 9.17) is 9.47 Å². The predicted molar refractivity (Wildman–Crippen MR) is 153 cm³/mol. The van der Waals surface area contributed by atoms with Crippen LogP contribution in [0.1, 0.15) is 57.3 Å². The molecule has 1 amide bonds.